The summed E-state index contributed by atoms with van der Waals surface area (Å²) >= 11 is 6.05. The largest absolute Gasteiger partial charge is 0.495 e. The second kappa shape index (κ2) is 9.35. The Labute approximate surface area is 194 Å². The molecule has 1 heterocycles. The number of hydrogen-bond acceptors (Lipinski definition) is 6. The Morgan fingerprint density at radius 3 is 2.48 bits per heavy atom. The number of benzene rings is 3. The molecule has 0 radical (unpaired) electrons. The van der Waals surface area contributed by atoms with E-state index < -0.39 is 15.9 Å². The first-order chi connectivity index (χ1) is 15.9. The number of fused-ring (bicyclic) bond motifs is 1. The normalized spacial score (nSPS) is 11.9. The molecule has 0 aliphatic heterocycles. The summed E-state index contributed by atoms with van der Waals surface area (Å²) < 4.78 is 36.2. The molecule has 0 fully saturated rings. The van der Waals surface area contributed by atoms with E-state index in [0.29, 0.717) is 27.4 Å². The fraction of sp³-hybridized carbons (Fsp3) is 0.0435. The molecule has 33 heavy (non-hydrogen) atoms. The highest BCUT2D eigenvalue weighted by Crippen LogP contribution is 2.28. The Morgan fingerprint density at radius 2 is 1.73 bits per heavy atom. The molecule has 4 rings (SSSR count). The quantitative estimate of drug-likeness (QED) is 0.400. The van der Waals surface area contributed by atoms with Crippen LogP contribution in [0.4, 0.5) is 5.69 Å². The van der Waals surface area contributed by atoms with Crippen molar-refractivity contribution in [1.29, 1.82) is 0 Å². The van der Waals surface area contributed by atoms with Gasteiger partial charge in [-0.1, -0.05) is 48.0 Å². The summed E-state index contributed by atoms with van der Waals surface area (Å²) in [6.07, 6.45) is 0. The van der Waals surface area contributed by atoms with Gasteiger partial charge in [0.25, 0.3) is 15.9 Å². The average molecular weight is 484 g/mol. The number of anilines is 1. The van der Waals surface area contributed by atoms with Crippen molar-refractivity contribution in [1.82, 2.24) is 4.83 Å². The molecule has 2 N–H and O–H groups in total. The summed E-state index contributed by atoms with van der Waals surface area (Å²) in [5.41, 5.74) is 0.546. The first-order valence-corrected chi connectivity index (χ1v) is 11.5. The molecule has 0 aliphatic carbocycles. The number of halogens is 1. The predicted molar refractivity (Wildman–Crippen MR) is 124 cm³/mol. The van der Waals surface area contributed by atoms with Gasteiger partial charge in [0.2, 0.25) is 5.55 Å². The second-order valence-electron chi connectivity index (χ2n) is 6.82. The number of hydrogen-bond donors (Lipinski definition) is 2. The van der Waals surface area contributed by atoms with Gasteiger partial charge in [0, 0.05) is 10.4 Å². The Balaban J connectivity index is 1.78. The Morgan fingerprint density at radius 1 is 1.00 bits per heavy atom. The highest BCUT2D eigenvalue weighted by Gasteiger charge is 2.17. The molecule has 8 nitrogen and oxygen atoms in total. The minimum absolute atomic E-state index is 0.00601. The van der Waals surface area contributed by atoms with Crippen LogP contribution in [0, 0.1) is 0 Å². The third-order valence-corrected chi connectivity index (χ3v) is 6.09. The molecule has 0 atom stereocenters. The summed E-state index contributed by atoms with van der Waals surface area (Å²) in [6, 6.07) is 21.0. The zero-order valence-electron chi connectivity index (χ0n) is 17.3. The molecule has 0 saturated heterocycles. The monoisotopic (exact) mass is 483 g/mol. The lowest BCUT2D eigenvalue weighted by atomic mass is 10.1. The van der Waals surface area contributed by atoms with Gasteiger partial charge in [-0.2, -0.15) is 13.2 Å². The molecular weight excluding hydrogens is 466 g/mol. The molecule has 168 valence electrons. The number of nitrogens with zero attached hydrogens (tertiary/aromatic N) is 1. The number of methoxy groups -OCH3 is 1. The molecule has 1 amide bonds. The van der Waals surface area contributed by atoms with Crippen LogP contribution in [0.5, 0.6) is 5.75 Å². The SMILES string of the molecule is COc1ccc(Cl)cc1NC(=O)c1cc2ccccc2oc1=NNS(=O)(=O)c1ccccc1. The number of carbonyl (C=O) groups excluding carboxylic acids is 1. The summed E-state index contributed by atoms with van der Waals surface area (Å²) in [4.78, 5) is 15.3. The lowest BCUT2D eigenvalue weighted by Gasteiger charge is -2.11. The van der Waals surface area contributed by atoms with E-state index in [1.165, 1.54) is 25.3 Å². The number of amides is 1. The molecule has 3 aromatic carbocycles. The summed E-state index contributed by atoms with van der Waals surface area (Å²) in [7, 11) is -2.51. The average Bonchev–Trinajstić information content (AvgIpc) is 2.83. The number of para-hydroxylation sites is 1. The molecule has 10 heteroatoms. The van der Waals surface area contributed by atoms with Crippen LogP contribution in [0.25, 0.3) is 11.0 Å². The van der Waals surface area contributed by atoms with Crippen LogP contribution in [0.2, 0.25) is 5.02 Å². The van der Waals surface area contributed by atoms with Crippen LogP contribution in [-0.4, -0.2) is 21.4 Å². The molecule has 0 aliphatic rings. The van der Waals surface area contributed by atoms with Gasteiger partial charge in [-0.25, -0.2) is 0 Å². The molecule has 0 spiro atoms. The van der Waals surface area contributed by atoms with Crippen LogP contribution in [0.1, 0.15) is 10.4 Å². The second-order valence-corrected chi connectivity index (χ2v) is 8.92. The van der Waals surface area contributed by atoms with Crippen LogP contribution in [0.15, 0.2) is 93.3 Å². The minimum atomic E-state index is -3.98. The summed E-state index contributed by atoms with van der Waals surface area (Å²) in [5, 5.41) is 7.64. The first-order valence-electron chi connectivity index (χ1n) is 9.66. The van der Waals surface area contributed by atoms with E-state index in [1.54, 1.807) is 60.7 Å². The van der Waals surface area contributed by atoms with Gasteiger partial charge in [-0.05, 0) is 42.5 Å². The number of sulfonamides is 1. The zero-order valence-corrected chi connectivity index (χ0v) is 18.9. The fourth-order valence-corrected chi connectivity index (χ4v) is 4.03. The van der Waals surface area contributed by atoms with E-state index in [1.807, 2.05) is 0 Å². The van der Waals surface area contributed by atoms with E-state index in [-0.39, 0.29) is 16.0 Å². The molecule has 1 aromatic heterocycles. The van der Waals surface area contributed by atoms with Gasteiger partial charge >= 0.3 is 0 Å². The molecule has 0 bridgehead atoms. The maximum atomic E-state index is 13.1. The van der Waals surface area contributed by atoms with Gasteiger partial charge in [0.1, 0.15) is 16.9 Å². The molecular formula is C23H18ClN3O5S. The highest BCUT2D eigenvalue weighted by atomic mass is 35.5. The lowest BCUT2D eigenvalue weighted by Crippen LogP contribution is -2.27. The van der Waals surface area contributed by atoms with Gasteiger partial charge in [-0.15, -0.1) is 5.10 Å². The predicted octanol–water partition coefficient (Wildman–Crippen LogP) is 4.14. The fourth-order valence-electron chi connectivity index (χ4n) is 3.04. The van der Waals surface area contributed by atoms with Crippen molar-refractivity contribution in [2.45, 2.75) is 4.90 Å². The number of nitrogens with one attached hydrogen (secondary N) is 2. The summed E-state index contributed by atoms with van der Waals surface area (Å²) in [5.74, 6) is -0.198. The Kier molecular flexibility index (Phi) is 6.34. The van der Waals surface area contributed by atoms with Crippen molar-refractivity contribution < 1.29 is 22.4 Å². The summed E-state index contributed by atoms with van der Waals surface area (Å²) in [6.45, 7) is 0. The Hall–Kier alpha value is -3.82. The number of carbonyl (C=O) groups is 1. The maximum Gasteiger partial charge on any atom is 0.276 e. The lowest BCUT2D eigenvalue weighted by molar-refractivity contribution is 0.102. The van der Waals surface area contributed by atoms with Crippen LogP contribution in [-0.2, 0) is 10.0 Å². The van der Waals surface area contributed by atoms with E-state index in [4.69, 9.17) is 20.8 Å². The van der Waals surface area contributed by atoms with Crippen molar-refractivity contribution in [2.24, 2.45) is 5.10 Å². The smallest absolute Gasteiger partial charge is 0.276 e. The highest BCUT2D eigenvalue weighted by molar-refractivity contribution is 7.89. The third kappa shape index (κ3) is 5.00. The molecule has 0 saturated carbocycles. The van der Waals surface area contributed by atoms with Gasteiger partial charge in [0.15, 0.2) is 0 Å². The van der Waals surface area contributed by atoms with Gasteiger partial charge in [-0.3, -0.25) is 4.79 Å². The van der Waals surface area contributed by atoms with E-state index in [9.17, 15) is 13.2 Å². The van der Waals surface area contributed by atoms with Crippen molar-refractivity contribution >= 4 is 44.2 Å². The maximum absolute atomic E-state index is 13.1. The Bertz CT molecular complexity index is 1500. The minimum Gasteiger partial charge on any atom is -0.495 e. The van der Waals surface area contributed by atoms with Gasteiger partial charge in [0.05, 0.1) is 17.7 Å². The molecule has 4 aromatic rings. The van der Waals surface area contributed by atoms with Gasteiger partial charge < -0.3 is 14.5 Å². The number of rotatable bonds is 6. The van der Waals surface area contributed by atoms with Crippen molar-refractivity contribution in [3.05, 3.63) is 95.0 Å². The topological polar surface area (TPSA) is 110 Å². The third-order valence-electron chi connectivity index (χ3n) is 4.63. The molecule has 0 unspecified atom stereocenters. The van der Waals surface area contributed by atoms with Crippen molar-refractivity contribution in [2.75, 3.05) is 12.4 Å². The first kappa shape index (κ1) is 22.4. The van der Waals surface area contributed by atoms with Crippen molar-refractivity contribution in [3.8, 4) is 5.75 Å². The van der Waals surface area contributed by atoms with Crippen molar-refractivity contribution in [3.63, 3.8) is 0 Å². The van der Waals surface area contributed by atoms with E-state index in [2.05, 4.69) is 15.2 Å². The standard InChI is InChI=1S/C23H18ClN3O5S/c1-31-21-12-11-16(24)14-19(21)25-22(28)18-13-15-7-5-6-10-20(15)32-23(18)26-27-33(29,30)17-8-3-2-4-9-17/h2-14,27H,1H3,(H,25,28). The van der Waals surface area contributed by atoms with Crippen LogP contribution >= 0.6 is 11.6 Å². The zero-order chi connectivity index (χ0) is 23.4. The van der Waals surface area contributed by atoms with Crippen LogP contribution < -0.4 is 20.4 Å². The van der Waals surface area contributed by atoms with E-state index >= 15 is 0 Å². The van der Waals surface area contributed by atoms with Crippen LogP contribution in [0.3, 0.4) is 0 Å². The van der Waals surface area contributed by atoms with E-state index in [0.717, 1.165) is 0 Å². The number of ether oxygens (including phenoxy) is 1.